The van der Waals surface area contributed by atoms with Crippen LogP contribution in [0, 0.1) is 23.7 Å². The monoisotopic (exact) mass is 509 g/mol. The highest BCUT2D eigenvalue weighted by atomic mass is 16.5. The number of rotatable bonds is 8. The molecule has 200 valence electrons. The number of ether oxygens (including phenoxy) is 2. The first kappa shape index (κ1) is 25.8. The maximum Gasteiger partial charge on any atom is 0.246 e. The third kappa shape index (κ3) is 4.33. The van der Waals surface area contributed by atoms with Crippen molar-refractivity contribution in [2.45, 2.75) is 76.7 Å². The average Bonchev–Trinajstić information content (AvgIpc) is 3.53. The van der Waals surface area contributed by atoms with E-state index in [0.29, 0.717) is 29.8 Å². The maximum absolute atomic E-state index is 13.9. The molecule has 1 spiro atoms. The SMILES string of the molecule is CCCCN1C(=O)[C@@H]2[C@H](C(=O)Nc3ccc(OC)cc3)[C@@H]3C=C[C@@]2(O3)[C@@H]1C(=O)N[C@@H]1CCC[C@H](C)[C@H]1C. The molecular formula is C29H39N3O5. The van der Waals surface area contributed by atoms with Crippen LogP contribution in [0.1, 0.15) is 52.9 Å². The lowest BCUT2D eigenvalue weighted by atomic mass is 9.73. The molecule has 1 aromatic carbocycles. The fourth-order valence-electron chi connectivity index (χ4n) is 6.78. The van der Waals surface area contributed by atoms with Gasteiger partial charge in [0.25, 0.3) is 0 Å². The molecule has 1 saturated carbocycles. The molecule has 0 unspecified atom stereocenters. The summed E-state index contributed by atoms with van der Waals surface area (Å²) >= 11 is 0. The van der Waals surface area contributed by atoms with E-state index in [2.05, 4.69) is 31.4 Å². The Hall–Kier alpha value is -2.87. The second kappa shape index (κ2) is 10.1. The van der Waals surface area contributed by atoms with E-state index >= 15 is 0 Å². The number of amides is 3. The molecule has 2 N–H and O–H groups in total. The second-order valence-electron chi connectivity index (χ2n) is 11.2. The van der Waals surface area contributed by atoms with Crippen molar-refractivity contribution in [2.24, 2.45) is 23.7 Å². The Morgan fingerprint density at radius 2 is 1.92 bits per heavy atom. The molecule has 2 bridgehead atoms. The minimum Gasteiger partial charge on any atom is -0.497 e. The second-order valence-corrected chi connectivity index (χ2v) is 11.2. The molecule has 3 aliphatic heterocycles. The van der Waals surface area contributed by atoms with E-state index in [0.717, 1.165) is 25.7 Å². The smallest absolute Gasteiger partial charge is 0.246 e. The van der Waals surface area contributed by atoms with Gasteiger partial charge in [0.05, 0.1) is 25.0 Å². The molecule has 0 aromatic heterocycles. The topological polar surface area (TPSA) is 97.0 Å². The van der Waals surface area contributed by atoms with Gasteiger partial charge in [0.15, 0.2) is 0 Å². The van der Waals surface area contributed by atoms with Gasteiger partial charge in [-0.15, -0.1) is 0 Å². The molecule has 3 heterocycles. The molecule has 3 fully saturated rings. The third-order valence-electron chi connectivity index (χ3n) is 9.07. The van der Waals surface area contributed by atoms with Crippen molar-refractivity contribution in [2.75, 3.05) is 19.0 Å². The molecule has 37 heavy (non-hydrogen) atoms. The van der Waals surface area contributed by atoms with Gasteiger partial charge in [0, 0.05) is 18.3 Å². The Bertz CT molecular complexity index is 1070. The van der Waals surface area contributed by atoms with E-state index in [1.165, 1.54) is 6.42 Å². The summed E-state index contributed by atoms with van der Waals surface area (Å²) in [5.41, 5.74) is -0.500. The molecule has 8 heteroatoms. The van der Waals surface area contributed by atoms with E-state index in [4.69, 9.17) is 9.47 Å². The van der Waals surface area contributed by atoms with Crippen LogP contribution in [0.15, 0.2) is 36.4 Å². The first-order valence-corrected chi connectivity index (χ1v) is 13.7. The van der Waals surface area contributed by atoms with Crippen LogP contribution in [0.25, 0.3) is 0 Å². The van der Waals surface area contributed by atoms with Gasteiger partial charge in [-0.2, -0.15) is 0 Å². The minimum atomic E-state index is -1.12. The van der Waals surface area contributed by atoms with Crippen molar-refractivity contribution < 1.29 is 23.9 Å². The first-order chi connectivity index (χ1) is 17.8. The molecule has 1 aromatic rings. The molecule has 4 aliphatic rings. The predicted molar refractivity (Wildman–Crippen MR) is 140 cm³/mol. The van der Waals surface area contributed by atoms with Crippen LogP contribution in [0.5, 0.6) is 5.75 Å². The van der Waals surface area contributed by atoms with Gasteiger partial charge in [0.2, 0.25) is 17.7 Å². The van der Waals surface area contributed by atoms with Crippen LogP contribution < -0.4 is 15.4 Å². The summed E-state index contributed by atoms with van der Waals surface area (Å²) in [6.45, 7) is 6.96. The maximum atomic E-state index is 13.9. The highest BCUT2D eigenvalue weighted by Crippen LogP contribution is 2.55. The summed E-state index contributed by atoms with van der Waals surface area (Å²) in [6.07, 6.45) is 8.07. The van der Waals surface area contributed by atoms with Gasteiger partial charge >= 0.3 is 0 Å². The molecule has 0 radical (unpaired) electrons. The highest BCUT2D eigenvalue weighted by molar-refractivity contribution is 6.02. The largest absolute Gasteiger partial charge is 0.497 e. The number of nitrogens with zero attached hydrogens (tertiary/aromatic N) is 1. The van der Waals surface area contributed by atoms with Gasteiger partial charge in [-0.05, 0) is 48.9 Å². The van der Waals surface area contributed by atoms with Crippen molar-refractivity contribution in [3.05, 3.63) is 36.4 Å². The normalized spacial score (nSPS) is 35.9. The summed E-state index contributed by atoms with van der Waals surface area (Å²) in [7, 11) is 1.59. The summed E-state index contributed by atoms with van der Waals surface area (Å²) in [6, 6.07) is 6.38. The number of hydrogen-bond donors (Lipinski definition) is 2. The van der Waals surface area contributed by atoms with E-state index in [1.54, 1.807) is 36.3 Å². The number of nitrogens with one attached hydrogen (secondary N) is 2. The van der Waals surface area contributed by atoms with E-state index in [9.17, 15) is 14.4 Å². The number of unbranched alkanes of at least 4 members (excludes halogenated alkanes) is 1. The lowest BCUT2D eigenvalue weighted by molar-refractivity contribution is -0.141. The number of methoxy groups -OCH3 is 1. The number of hydrogen-bond acceptors (Lipinski definition) is 5. The average molecular weight is 510 g/mol. The molecule has 5 rings (SSSR count). The number of carbonyl (C=O) groups is 3. The number of anilines is 1. The summed E-state index contributed by atoms with van der Waals surface area (Å²) < 4.78 is 11.6. The summed E-state index contributed by atoms with van der Waals surface area (Å²) in [5, 5.41) is 6.24. The van der Waals surface area contributed by atoms with Crippen LogP contribution in [0.2, 0.25) is 0 Å². The lowest BCUT2D eigenvalue weighted by Gasteiger charge is -2.38. The number of likely N-dealkylation sites (tertiary alicyclic amines) is 1. The van der Waals surface area contributed by atoms with Crippen LogP contribution >= 0.6 is 0 Å². The van der Waals surface area contributed by atoms with Gasteiger partial charge in [-0.25, -0.2) is 0 Å². The van der Waals surface area contributed by atoms with Gasteiger partial charge in [-0.3, -0.25) is 14.4 Å². The Morgan fingerprint density at radius 3 is 2.62 bits per heavy atom. The predicted octanol–water partition coefficient (Wildman–Crippen LogP) is 3.53. The first-order valence-electron chi connectivity index (χ1n) is 13.7. The zero-order valence-corrected chi connectivity index (χ0v) is 22.2. The number of benzene rings is 1. The molecule has 8 atom stereocenters. The van der Waals surface area contributed by atoms with Crippen LogP contribution in [0.4, 0.5) is 5.69 Å². The molecule has 1 aliphatic carbocycles. The third-order valence-corrected chi connectivity index (χ3v) is 9.07. The fourth-order valence-corrected chi connectivity index (χ4v) is 6.78. The van der Waals surface area contributed by atoms with E-state index < -0.39 is 29.6 Å². The Kier molecular flexibility index (Phi) is 7.05. The van der Waals surface area contributed by atoms with Crippen molar-refractivity contribution in [1.29, 1.82) is 0 Å². The van der Waals surface area contributed by atoms with Gasteiger partial charge in [0.1, 0.15) is 17.4 Å². The highest BCUT2D eigenvalue weighted by Gasteiger charge is 2.72. The summed E-state index contributed by atoms with van der Waals surface area (Å²) in [4.78, 5) is 43.0. The molecule has 3 amide bonds. The van der Waals surface area contributed by atoms with Crippen molar-refractivity contribution in [3.63, 3.8) is 0 Å². The van der Waals surface area contributed by atoms with Crippen molar-refractivity contribution in [3.8, 4) is 5.75 Å². The van der Waals surface area contributed by atoms with Crippen LogP contribution in [-0.4, -0.2) is 60.1 Å². The molecule has 8 nitrogen and oxygen atoms in total. The number of carbonyl (C=O) groups excluding carboxylic acids is 3. The van der Waals surface area contributed by atoms with Crippen LogP contribution in [0.3, 0.4) is 0 Å². The Balaban J connectivity index is 1.41. The van der Waals surface area contributed by atoms with Crippen molar-refractivity contribution >= 4 is 23.4 Å². The Morgan fingerprint density at radius 1 is 1.16 bits per heavy atom. The zero-order chi connectivity index (χ0) is 26.3. The van der Waals surface area contributed by atoms with Crippen LogP contribution in [-0.2, 0) is 19.1 Å². The van der Waals surface area contributed by atoms with Gasteiger partial charge < -0.3 is 25.0 Å². The lowest BCUT2D eigenvalue weighted by Crippen LogP contribution is -2.58. The fraction of sp³-hybridized carbons (Fsp3) is 0.621. The molecule has 2 saturated heterocycles. The zero-order valence-electron chi connectivity index (χ0n) is 22.2. The van der Waals surface area contributed by atoms with Crippen molar-refractivity contribution in [1.82, 2.24) is 10.2 Å². The molecular weight excluding hydrogens is 470 g/mol. The van der Waals surface area contributed by atoms with E-state index in [1.807, 2.05) is 12.2 Å². The minimum absolute atomic E-state index is 0.0755. The summed E-state index contributed by atoms with van der Waals surface area (Å²) in [5.74, 6) is -0.435. The quantitative estimate of drug-likeness (QED) is 0.523. The standard InChI is InChI=1S/C29H39N3O5/c1-5-6-16-32-25(27(34)31-21-9-7-8-17(2)18(21)3)29-15-14-22(37-29)23(24(29)28(32)35)26(33)30-19-10-12-20(36-4)13-11-19/h10-15,17-18,21-25H,5-9,16H2,1-4H3,(H,30,33)(H,31,34)/t17-,18+,21+,22-,23+,24-,25-,29-/m0/s1. The van der Waals surface area contributed by atoms with Gasteiger partial charge in [-0.1, -0.05) is 52.2 Å². The Labute approximate surface area is 219 Å². The number of fused-ring (bicyclic) bond motifs is 1. The van der Waals surface area contributed by atoms with E-state index in [-0.39, 0.29) is 23.8 Å².